The summed E-state index contributed by atoms with van der Waals surface area (Å²) in [6.07, 6.45) is 0. The lowest BCUT2D eigenvalue weighted by Gasteiger charge is -2.02. The third-order valence-corrected chi connectivity index (χ3v) is 2.13. The Bertz CT molecular complexity index is 374. The lowest BCUT2D eigenvalue weighted by molar-refractivity contribution is 0.105. The van der Waals surface area contributed by atoms with E-state index in [-0.39, 0.29) is 16.1 Å². The highest BCUT2D eigenvalue weighted by Gasteiger charge is 2.16. The molecule has 0 aliphatic heterocycles. The van der Waals surface area contributed by atoms with E-state index in [4.69, 9.17) is 34.8 Å². The minimum Gasteiger partial charge on any atom is -0.276 e. The van der Waals surface area contributed by atoms with Crippen molar-refractivity contribution in [1.29, 1.82) is 0 Å². The number of carbonyl (C=O) groups excluding carboxylic acids is 2. The maximum Gasteiger partial charge on any atom is 0.254 e. The fourth-order valence-corrected chi connectivity index (χ4v) is 1.56. The highest BCUT2D eigenvalue weighted by atomic mass is 35.5. The maximum absolute atomic E-state index is 10.9. The molecule has 1 aromatic rings. The Morgan fingerprint density at radius 1 is 1.08 bits per heavy atom. The SMILES string of the molecule is O=C(Cl)c1cccc(Cl)c1C(=O)Cl. The highest BCUT2D eigenvalue weighted by molar-refractivity contribution is 6.72. The van der Waals surface area contributed by atoms with Crippen LogP contribution in [0.25, 0.3) is 0 Å². The zero-order valence-corrected chi connectivity index (χ0v) is 8.45. The second-order valence-electron chi connectivity index (χ2n) is 2.21. The third-order valence-electron chi connectivity index (χ3n) is 1.42. The van der Waals surface area contributed by atoms with E-state index in [9.17, 15) is 9.59 Å². The first kappa shape index (κ1) is 10.5. The van der Waals surface area contributed by atoms with E-state index in [1.807, 2.05) is 0 Å². The van der Waals surface area contributed by atoms with Gasteiger partial charge < -0.3 is 0 Å². The van der Waals surface area contributed by atoms with Crippen molar-refractivity contribution >= 4 is 45.3 Å². The van der Waals surface area contributed by atoms with Crippen molar-refractivity contribution in [3.63, 3.8) is 0 Å². The molecule has 0 spiro atoms. The third kappa shape index (κ3) is 2.21. The summed E-state index contributed by atoms with van der Waals surface area (Å²) >= 11 is 16.1. The van der Waals surface area contributed by atoms with Gasteiger partial charge in [-0.15, -0.1) is 0 Å². The summed E-state index contributed by atoms with van der Waals surface area (Å²) in [7, 11) is 0. The minimum atomic E-state index is -0.797. The van der Waals surface area contributed by atoms with Crippen molar-refractivity contribution in [3.8, 4) is 0 Å². The Labute approximate surface area is 89.4 Å². The molecule has 68 valence electrons. The molecule has 0 saturated carbocycles. The summed E-state index contributed by atoms with van der Waals surface area (Å²) in [6.45, 7) is 0. The van der Waals surface area contributed by atoms with Crippen LogP contribution in [0.5, 0.6) is 0 Å². The molecule has 5 heteroatoms. The van der Waals surface area contributed by atoms with Gasteiger partial charge in [0, 0.05) is 5.56 Å². The molecule has 0 amide bonds. The van der Waals surface area contributed by atoms with Crippen LogP contribution in [0.1, 0.15) is 20.7 Å². The predicted molar refractivity (Wildman–Crippen MR) is 51.8 cm³/mol. The first-order valence-electron chi connectivity index (χ1n) is 3.22. The van der Waals surface area contributed by atoms with Crippen molar-refractivity contribution in [1.82, 2.24) is 0 Å². The lowest BCUT2D eigenvalue weighted by Crippen LogP contribution is -2.01. The molecule has 0 bridgehead atoms. The number of hydrogen-bond donors (Lipinski definition) is 0. The van der Waals surface area contributed by atoms with Gasteiger partial charge in [-0.2, -0.15) is 0 Å². The quantitative estimate of drug-likeness (QED) is 0.741. The molecule has 1 aromatic carbocycles. The topological polar surface area (TPSA) is 34.1 Å². The van der Waals surface area contributed by atoms with Gasteiger partial charge in [0.15, 0.2) is 0 Å². The van der Waals surface area contributed by atoms with Gasteiger partial charge in [-0.1, -0.05) is 17.7 Å². The Morgan fingerprint density at radius 3 is 2.08 bits per heavy atom. The number of halogens is 3. The molecular weight excluding hydrogens is 234 g/mol. The van der Waals surface area contributed by atoms with E-state index in [1.165, 1.54) is 18.2 Å². The average molecular weight is 237 g/mol. The molecular formula is C8H3Cl3O2. The van der Waals surface area contributed by atoms with Crippen LogP contribution >= 0.6 is 34.8 Å². The van der Waals surface area contributed by atoms with Gasteiger partial charge in [-0.05, 0) is 35.3 Å². The van der Waals surface area contributed by atoms with E-state index in [1.54, 1.807) is 0 Å². The van der Waals surface area contributed by atoms with Gasteiger partial charge in [-0.3, -0.25) is 9.59 Å². The Hall–Kier alpha value is -0.570. The summed E-state index contributed by atoms with van der Waals surface area (Å²) in [5.74, 6) is 0. The second-order valence-corrected chi connectivity index (χ2v) is 3.30. The Kier molecular flexibility index (Phi) is 3.31. The monoisotopic (exact) mass is 236 g/mol. The molecule has 0 N–H and O–H groups in total. The first-order valence-corrected chi connectivity index (χ1v) is 4.35. The smallest absolute Gasteiger partial charge is 0.254 e. The Morgan fingerprint density at radius 2 is 1.69 bits per heavy atom. The molecule has 0 aromatic heterocycles. The van der Waals surface area contributed by atoms with Crippen LogP contribution in [-0.4, -0.2) is 10.5 Å². The van der Waals surface area contributed by atoms with Crippen molar-refractivity contribution in [3.05, 3.63) is 34.3 Å². The number of benzene rings is 1. The summed E-state index contributed by atoms with van der Waals surface area (Å²) < 4.78 is 0. The summed E-state index contributed by atoms with van der Waals surface area (Å²) in [5, 5.41) is -1.44. The molecule has 0 radical (unpaired) electrons. The van der Waals surface area contributed by atoms with Gasteiger partial charge in [0.2, 0.25) is 0 Å². The average Bonchev–Trinajstić information content (AvgIpc) is 2.02. The summed E-state index contributed by atoms with van der Waals surface area (Å²) in [5.41, 5.74) is -0.0278. The molecule has 0 aliphatic rings. The van der Waals surface area contributed by atoms with E-state index in [2.05, 4.69) is 0 Å². The fourth-order valence-electron chi connectivity index (χ4n) is 0.888. The highest BCUT2D eigenvalue weighted by Crippen LogP contribution is 2.23. The molecule has 2 nitrogen and oxygen atoms in total. The number of hydrogen-bond acceptors (Lipinski definition) is 2. The van der Waals surface area contributed by atoms with Crippen molar-refractivity contribution in [2.24, 2.45) is 0 Å². The largest absolute Gasteiger partial charge is 0.276 e. The van der Waals surface area contributed by atoms with E-state index in [0.717, 1.165) is 0 Å². The number of carbonyl (C=O) groups is 2. The normalized spacial score (nSPS) is 9.77. The standard InChI is InChI=1S/C8H3Cl3O2/c9-5-3-1-2-4(7(10)12)6(5)8(11)13/h1-3H. The molecule has 0 heterocycles. The Balaban J connectivity index is 3.43. The molecule has 13 heavy (non-hydrogen) atoms. The van der Waals surface area contributed by atoms with Crippen LogP contribution in [0.4, 0.5) is 0 Å². The van der Waals surface area contributed by atoms with Crippen molar-refractivity contribution in [2.45, 2.75) is 0 Å². The summed E-state index contributed by atoms with van der Waals surface area (Å²) in [4.78, 5) is 21.7. The van der Waals surface area contributed by atoms with Crippen LogP contribution < -0.4 is 0 Å². The van der Waals surface area contributed by atoms with Crippen LogP contribution in [0.2, 0.25) is 5.02 Å². The van der Waals surface area contributed by atoms with Gasteiger partial charge in [0.25, 0.3) is 10.5 Å². The van der Waals surface area contributed by atoms with Crippen molar-refractivity contribution < 1.29 is 9.59 Å². The predicted octanol–water partition coefficient (Wildman–Crippen LogP) is 3.10. The maximum atomic E-state index is 10.9. The van der Waals surface area contributed by atoms with E-state index >= 15 is 0 Å². The van der Waals surface area contributed by atoms with Gasteiger partial charge >= 0.3 is 0 Å². The van der Waals surface area contributed by atoms with Gasteiger partial charge in [0.05, 0.1) is 10.6 Å². The minimum absolute atomic E-state index is 0.0224. The second kappa shape index (κ2) is 4.09. The molecule has 0 atom stereocenters. The zero-order chi connectivity index (χ0) is 10.0. The summed E-state index contributed by atoms with van der Waals surface area (Å²) in [6, 6.07) is 4.36. The zero-order valence-electron chi connectivity index (χ0n) is 6.18. The molecule has 0 saturated heterocycles. The molecule has 0 fully saturated rings. The molecule has 1 rings (SSSR count). The van der Waals surface area contributed by atoms with E-state index in [0.29, 0.717) is 0 Å². The van der Waals surface area contributed by atoms with E-state index < -0.39 is 10.5 Å². The fraction of sp³-hybridized carbons (Fsp3) is 0. The number of rotatable bonds is 2. The molecule has 0 unspecified atom stereocenters. The van der Waals surface area contributed by atoms with Crippen molar-refractivity contribution in [2.75, 3.05) is 0 Å². The van der Waals surface area contributed by atoms with Crippen LogP contribution in [-0.2, 0) is 0 Å². The van der Waals surface area contributed by atoms with Gasteiger partial charge in [0.1, 0.15) is 0 Å². The van der Waals surface area contributed by atoms with Crippen LogP contribution in [0, 0.1) is 0 Å². The first-order chi connectivity index (χ1) is 6.04. The molecule has 0 aliphatic carbocycles. The lowest BCUT2D eigenvalue weighted by atomic mass is 10.1. The van der Waals surface area contributed by atoms with Gasteiger partial charge in [-0.25, -0.2) is 0 Å². The van der Waals surface area contributed by atoms with Crippen LogP contribution in [0.15, 0.2) is 18.2 Å². The van der Waals surface area contributed by atoms with Crippen LogP contribution in [0.3, 0.4) is 0 Å².